The van der Waals surface area contributed by atoms with Crippen LogP contribution >= 0.6 is 0 Å². The number of anilines is 6. The van der Waals surface area contributed by atoms with Crippen LogP contribution in [0.3, 0.4) is 0 Å². The van der Waals surface area contributed by atoms with Gasteiger partial charge in [0.05, 0.1) is 13.1 Å². The Morgan fingerprint density at radius 1 is 0.519 bits per heavy atom. The van der Waals surface area contributed by atoms with E-state index in [4.69, 9.17) is 34.4 Å². The van der Waals surface area contributed by atoms with Crippen molar-refractivity contribution in [2.75, 3.05) is 59.4 Å². The second-order valence-electron chi connectivity index (χ2n) is 10.5. The highest BCUT2D eigenvalue weighted by Crippen LogP contribution is 2.07. The summed E-state index contributed by atoms with van der Waals surface area (Å²) in [6.45, 7) is 3.94. The molecule has 22 nitrogen and oxygen atoms in total. The van der Waals surface area contributed by atoms with E-state index in [9.17, 15) is 27.6 Å². The Morgan fingerprint density at radius 2 is 0.731 bits per heavy atom. The molecule has 0 bridgehead atoms. The van der Waals surface area contributed by atoms with Gasteiger partial charge in [-0.15, -0.1) is 0 Å². The van der Waals surface area contributed by atoms with E-state index in [-0.39, 0.29) is 46.8 Å². The van der Waals surface area contributed by atoms with Gasteiger partial charge in [0.2, 0.25) is 35.7 Å². The molecule has 0 aliphatic heterocycles. The molecule has 5 rings (SSSR count). The van der Waals surface area contributed by atoms with Crippen molar-refractivity contribution in [3.05, 3.63) is 101 Å². The molecule has 0 saturated heterocycles. The molecule has 4 heterocycles. The maximum Gasteiger partial charge on any atom is 0.328 e. The fraction of sp³-hybridized carbons (Fsp3) is 0.286. The number of nitrogen functional groups attached to an aromatic ring is 6. The van der Waals surface area contributed by atoms with Crippen LogP contribution in [0.1, 0.15) is 22.3 Å². The first-order valence-corrected chi connectivity index (χ1v) is 18.3. The van der Waals surface area contributed by atoms with Crippen molar-refractivity contribution in [3.63, 3.8) is 0 Å². The van der Waals surface area contributed by atoms with E-state index in [0.29, 0.717) is 24.2 Å². The number of hydrogen-bond acceptors (Lipinski definition) is 18. The summed E-state index contributed by atoms with van der Waals surface area (Å²) in [6, 6.07) is 7.41. The Hall–Kier alpha value is -6.30. The van der Waals surface area contributed by atoms with Crippen LogP contribution in [0, 0.1) is 13.8 Å². The lowest BCUT2D eigenvalue weighted by Gasteiger charge is -2.09. The summed E-state index contributed by atoms with van der Waals surface area (Å²) in [4.78, 5) is 72.0. The van der Waals surface area contributed by atoms with Crippen molar-refractivity contribution in [2.24, 2.45) is 0 Å². The van der Waals surface area contributed by atoms with Gasteiger partial charge in [0.1, 0.15) is 0 Å². The Balaban J connectivity index is 0.000000421. The van der Waals surface area contributed by atoms with Gasteiger partial charge < -0.3 is 34.4 Å². The topological polar surface area (TPSA) is 377 Å². The van der Waals surface area contributed by atoms with Gasteiger partial charge in [-0.2, -0.15) is 29.9 Å². The van der Waals surface area contributed by atoms with E-state index < -0.39 is 33.0 Å². The van der Waals surface area contributed by atoms with Crippen LogP contribution in [-0.4, -0.2) is 82.4 Å². The van der Waals surface area contributed by atoms with Gasteiger partial charge in [0.15, 0.2) is 0 Å². The molecule has 0 aliphatic rings. The quantitative estimate of drug-likeness (QED) is 0.0925. The number of nitrogens with zero attached hydrogens (tertiary/aromatic N) is 8. The molecule has 0 saturated carbocycles. The molecule has 24 heteroatoms. The normalized spacial score (nSPS) is 10.0. The highest BCUT2D eigenvalue weighted by Gasteiger charge is 2.05. The van der Waals surface area contributed by atoms with Crippen LogP contribution in [-0.2, 0) is 34.7 Å². The molecule has 5 aromatic rings. The molecule has 1 aromatic carbocycles. The third kappa shape index (κ3) is 17.4. The minimum Gasteiger partial charge on any atom is -0.368 e. The van der Waals surface area contributed by atoms with Crippen LogP contribution in [0.4, 0.5) is 35.7 Å². The second kappa shape index (κ2) is 21.0. The third-order valence-corrected chi connectivity index (χ3v) is 5.48. The number of rotatable bonds is 4. The van der Waals surface area contributed by atoms with Crippen molar-refractivity contribution in [3.8, 4) is 0 Å². The molecule has 52 heavy (non-hydrogen) atoms. The summed E-state index contributed by atoms with van der Waals surface area (Å²) >= 11 is 0. The summed E-state index contributed by atoms with van der Waals surface area (Å²) in [5, 5.41) is 0. The molecule has 0 atom stereocenters. The zero-order valence-electron chi connectivity index (χ0n) is 29.2. The summed E-state index contributed by atoms with van der Waals surface area (Å²) in [6.07, 6.45) is 9.61. The molecule has 282 valence electrons. The number of nitrogens with two attached hydrogens (primary N) is 6. The van der Waals surface area contributed by atoms with Gasteiger partial charge in [-0.05, 0) is 25.0 Å². The van der Waals surface area contributed by atoms with Crippen molar-refractivity contribution in [1.82, 2.24) is 49.0 Å². The lowest BCUT2D eigenvalue weighted by atomic mass is 10.1. The second-order valence-corrected chi connectivity index (χ2v) is 13.5. The number of aryl methyl sites for hydroxylation is 2. The third-order valence-electron chi connectivity index (χ3n) is 5.48. The average Bonchev–Trinajstić information content (AvgIpc) is 2.98. The van der Waals surface area contributed by atoms with Crippen LogP contribution in [0.2, 0.25) is 0 Å². The van der Waals surface area contributed by atoms with Crippen LogP contribution < -0.4 is 56.9 Å². The van der Waals surface area contributed by atoms with Crippen LogP contribution in [0.5, 0.6) is 0 Å². The Labute approximate surface area is 301 Å². The zero-order chi connectivity index (χ0) is 39.7. The number of nitrogens with one attached hydrogen (secondary N) is 2. The summed E-state index contributed by atoms with van der Waals surface area (Å²) in [7, 11) is -1.22. The van der Waals surface area contributed by atoms with E-state index >= 15 is 0 Å². The standard InChI is InChI=1S/C18H18N4O4.2C3H6N6.2C2H6OS/c1-11-7-21(17(25)19-15(11)23)9-13-3-5-14(6-4-13)10-22-8-12(2)16(24)20-18(22)26;2*4-1-7-2(5)9-3(6)8-1;2*1-4(2)3/h3-8H,9-10H2,1-2H3,(H,19,23,25)(H,20,24,26);2*(H6,4,5,6,7,8,9);2*1-2H3. The van der Waals surface area contributed by atoms with E-state index in [0.717, 1.165) is 11.1 Å². The average molecular weight is 763 g/mol. The highest BCUT2D eigenvalue weighted by molar-refractivity contribution is 7.83. The van der Waals surface area contributed by atoms with E-state index in [1.54, 1.807) is 38.9 Å². The molecule has 0 radical (unpaired) electrons. The van der Waals surface area contributed by atoms with Gasteiger partial charge in [-0.3, -0.25) is 37.1 Å². The fourth-order valence-electron chi connectivity index (χ4n) is 3.47. The summed E-state index contributed by atoms with van der Waals surface area (Å²) in [5.74, 6) is 0.250. The molecule has 4 aromatic heterocycles. The molecule has 0 amide bonds. The van der Waals surface area contributed by atoms with E-state index in [1.165, 1.54) is 21.5 Å². The van der Waals surface area contributed by atoms with Crippen molar-refractivity contribution >= 4 is 57.3 Å². The van der Waals surface area contributed by atoms with Gasteiger partial charge in [-0.1, -0.05) is 24.3 Å². The number of aromatic amines is 2. The molecule has 14 N–H and O–H groups in total. The fourth-order valence-corrected chi connectivity index (χ4v) is 3.47. The molecule has 0 aliphatic carbocycles. The number of H-pyrrole nitrogens is 2. The minimum absolute atomic E-state index is 0.0417. The summed E-state index contributed by atoms with van der Waals surface area (Å²) in [5.41, 5.74) is 31.8. The first kappa shape index (κ1) is 43.7. The predicted octanol–water partition coefficient (Wildman–Crippen LogP) is -2.67. The van der Waals surface area contributed by atoms with Crippen molar-refractivity contribution in [1.29, 1.82) is 0 Å². The highest BCUT2D eigenvalue weighted by atomic mass is 32.2. The largest absolute Gasteiger partial charge is 0.368 e. The number of benzene rings is 1. The number of aromatic nitrogens is 10. The van der Waals surface area contributed by atoms with Gasteiger partial charge in [-0.25, -0.2) is 9.59 Å². The maximum atomic E-state index is 11.8. The summed E-state index contributed by atoms with van der Waals surface area (Å²) < 4.78 is 22.0. The van der Waals surface area contributed by atoms with Crippen LogP contribution in [0.15, 0.2) is 55.8 Å². The Morgan fingerprint density at radius 3 is 0.942 bits per heavy atom. The molecular formula is C28H42N16O6S2. The zero-order valence-corrected chi connectivity index (χ0v) is 30.8. The molecular weight excluding hydrogens is 721 g/mol. The van der Waals surface area contributed by atoms with E-state index in [1.807, 2.05) is 24.3 Å². The monoisotopic (exact) mass is 762 g/mol. The van der Waals surface area contributed by atoms with Gasteiger partial charge >= 0.3 is 11.4 Å². The lowest BCUT2D eigenvalue weighted by Crippen LogP contribution is -2.31. The Bertz CT molecular complexity index is 1950. The smallest absolute Gasteiger partial charge is 0.328 e. The number of hydrogen-bond donors (Lipinski definition) is 8. The van der Waals surface area contributed by atoms with Gasteiger partial charge in [0.25, 0.3) is 11.1 Å². The maximum absolute atomic E-state index is 11.8. The predicted molar refractivity (Wildman–Crippen MR) is 203 cm³/mol. The SMILES string of the molecule is CS(C)=O.CS(C)=O.Cc1cn(Cc2ccc(Cn3cc(C)c(=O)[nH]c3=O)cc2)c(=O)[nH]c1=O.Nc1nc(N)nc(N)n1.Nc1nc(N)nc(N)n1. The first-order chi connectivity index (χ1) is 24.2. The first-order valence-electron chi connectivity index (χ1n) is 14.4. The molecule has 0 unspecified atom stereocenters. The molecule has 0 fully saturated rings. The molecule has 0 spiro atoms. The van der Waals surface area contributed by atoms with Crippen LogP contribution in [0.25, 0.3) is 0 Å². The van der Waals surface area contributed by atoms with E-state index in [2.05, 4.69) is 39.9 Å². The van der Waals surface area contributed by atoms with Gasteiger partial charge in [0, 0.05) is 70.1 Å². The van der Waals surface area contributed by atoms with Crippen molar-refractivity contribution in [2.45, 2.75) is 26.9 Å². The Kier molecular flexibility index (Phi) is 17.7. The lowest BCUT2D eigenvalue weighted by molar-refractivity contribution is 0.689. The minimum atomic E-state index is -0.611. The van der Waals surface area contributed by atoms with Crippen molar-refractivity contribution < 1.29 is 8.42 Å².